The number of nitrogens with zero attached hydrogens (tertiary/aromatic N) is 2. The molecule has 0 bridgehead atoms. The van der Waals surface area contributed by atoms with Crippen LogP contribution >= 0.6 is 0 Å². The molecular formula is C23H36N4O. The van der Waals surface area contributed by atoms with Crippen LogP contribution in [0.3, 0.4) is 0 Å². The Bertz CT molecular complexity index is 660. The quantitative estimate of drug-likeness (QED) is 0.581. The Morgan fingerprint density at radius 3 is 2.39 bits per heavy atom. The summed E-state index contributed by atoms with van der Waals surface area (Å²) in [6, 6.07) is 9.08. The largest absolute Gasteiger partial charge is 0.354 e. The number of hydrogen-bond acceptors (Lipinski definition) is 2. The molecule has 2 fully saturated rings. The topological polar surface area (TPSA) is 56.7 Å². The molecule has 2 N–H and O–H groups in total. The van der Waals surface area contributed by atoms with Crippen molar-refractivity contribution >= 4 is 11.9 Å². The Balaban J connectivity index is 1.43. The Hall–Kier alpha value is -2.04. The maximum atomic E-state index is 11.8. The third-order valence-corrected chi connectivity index (χ3v) is 6.31. The van der Waals surface area contributed by atoms with Crippen molar-refractivity contribution in [1.82, 2.24) is 15.5 Å². The maximum Gasteiger partial charge on any atom is 0.222 e. The van der Waals surface area contributed by atoms with Crippen molar-refractivity contribution in [2.75, 3.05) is 13.6 Å². The molecule has 1 aromatic rings. The average molecular weight is 385 g/mol. The lowest BCUT2D eigenvalue weighted by Crippen LogP contribution is -2.44. The molecule has 5 nitrogen and oxygen atoms in total. The zero-order valence-corrected chi connectivity index (χ0v) is 17.7. The van der Waals surface area contributed by atoms with Gasteiger partial charge in [-0.3, -0.25) is 9.79 Å². The summed E-state index contributed by atoms with van der Waals surface area (Å²) in [4.78, 5) is 18.1. The van der Waals surface area contributed by atoms with Crippen molar-refractivity contribution in [3.63, 3.8) is 0 Å². The van der Waals surface area contributed by atoms with Gasteiger partial charge in [-0.25, -0.2) is 0 Å². The molecule has 0 aromatic heterocycles. The first kappa shape index (κ1) is 20.7. The summed E-state index contributed by atoms with van der Waals surface area (Å²) in [7, 11) is 1.84. The summed E-state index contributed by atoms with van der Waals surface area (Å²) >= 11 is 0. The standard InChI is InChI=1S/C23H36N4O/c1-17(2)20-10-12-21(13-11-20)26-23(24-3)25-15-18-6-8-19(9-7-18)16-27-14-4-5-22(27)28/h6-9,17,20-21H,4-5,10-16H2,1-3H3,(H2,24,25,26). The summed E-state index contributed by atoms with van der Waals surface area (Å²) in [5.41, 5.74) is 2.42. The predicted octanol–water partition coefficient (Wildman–Crippen LogP) is 3.69. The van der Waals surface area contributed by atoms with Crippen molar-refractivity contribution in [3.05, 3.63) is 35.4 Å². The summed E-state index contributed by atoms with van der Waals surface area (Å²) < 4.78 is 0. The van der Waals surface area contributed by atoms with E-state index in [4.69, 9.17) is 0 Å². The molecule has 0 unspecified atom stereocenters. The van der Waals surface area contributed by atoms with E-state index in [0.29, 0.717) is 12.5 Å². The molecular weight excluding hydrogens is 348 g/mol. The van der Waals surface area contributed by atoms with Gasteiger partial charge < -0.3 is 15.5 Å². The Morgan fingerprint density at radius 2 is 1.82 bits per heavy atom. The van der Waals surface area contributed by atoms with Crippen LogP contribution in [-0.2, 0) is 17.9 Å². The van der Waals surface area contributed by atoms with Crippen molar-refractivity contribution in [2.24, 2.45) is 16.8 Å². The highest BCUT2D eigenvalue weighted by molar-refractivity contribution is 5.80. The fourth-order valence-electron chi connectivity index (χ4n) is 4.36. The monoisotopic (exact) mass is 384 g/mol. The van der Waals surface area contributed by atoms with E-state index >= 15 is 0 Å². The number of aliphatic imine (C=N–C) groups is 1. The van der Waals surface area contributed by atoms with Gasteiger partial charge in [-0.15, -0.1) is 0 Å². The summed E-state index contributed by atoms with van der Waals surface area (Å²) in [6.07, 6.45) is 6.78. The van der Waals surface area contributed by atoms with Gasteiger partial charge in [0.05, 0.1) is 0 Å². The van der Waals surface area contributed by atoms with Gasteiger partial charge in [0.2, 0.25) is 5.91 Å². The van der Waals surface area contributed by atoms with Gasteiger partial charge >= 0.3 is 0 Å². The van der Waals surface area contributed by atoms with Gasteiger partial charge in [0.25, 0.3) is 0 Å². The fourth-order valence-corrected chi connectivity index (χ4v) is 4.36. The average Bonchev–Trinajstić information content (AvgIpc) is 3.11. The van der Waals surface area contributed by atoms with Gasteiger partial charge in [-0.05, 0) is 55.1 Å². The van der Waals surface area contributed by atoms with Crippen LogP contribution in [0.5, 0.6) is 0 Å². The SMILES string of the molecule is CN=C(NCc1ccc(CN2CCCC2=O)cc1)NC1CCC(C(C)C)CC1. The number of amides is 1. The summed E-state index contributed by atoms with van der Waals surface area (Å²) in [5.74, 6) is 2.84. The molecule has 0 atom stereocenters. The predicted molar refractivity (Wildman–Crippen MR) is 115 cm³/mol. The van der Waals surface area contributed by atoms with E-state index in [0.717, 1.165) is 43.9 Å². The molecule has 1 saturated carbocycles. The van der Waals surface area contributed by atoms with Crippen LogP contribution in [0.1, 0.15) is 63.5 Å². The zero-order chi connectivity index (χ0) is 19.9. The second-order valence-corrected chi connectivity index (χ2v) is 8.66. The number of rotatable bonds is 6. The first-order valence-corrected chi connectivity index (χ1v) is 10.9. The first-order valence-electron chi connectivity index (χ1n) is 10.9. The van der Waals surface area contributed by atoms with Crippen LogP contribution in [0.2, 0.25) is 0 Å². The number of nitrogens with one attached hydrogen (secondary N) is 2. The minimum Gasteiger partial charge on any atom is -0.354 e. The van der Waals surface area contributed by atoms with Crippen molar-refractivity contribution in [1.29, 1.82) is 0 Å². The highest BCUT2D eigenvalue weighted by Gasteiger charge is 2.23. The number of benzene rings is 1. The third-order valence-electron chi connectivity index (χ3n) is 6.31. The zero-order valence-electron chi connectivity index (χ0n) is 17.7. The molecule has 1 heterocycles. The molecule has 5 heteroatoms. The van der Waals surface area contributed by atoms with Gasteiger partial charge in [0, 0.05) is 39.1 Å². The molecule has 1 aromatic carbocycles. The lowest BCUT2D eigenvalue weighted by atomic mass is 9.80. The molecule has 3 rings (SSSR count). The molecule has 154 valence electrons. The van der Waals surface area contributed by atoms with Gasteiger partial charge in [-0.2, -0.15) is 0 Å². The number of likely N-dealkylation sites (tertiary alicyclic amines) is 1. The Morgan fingerprint density at radius 1 is 1.14 bits per heavy atom. The lowest BCUT2D eigenvalue weighted by Gasteiger charge is -2.32. The maximum absolute atomic E-state index is 11.8. The van der Waals surface area contributed by atoms with E-state index in [1.807, 2.05) is 11.9 Å². The van der Waals surface area contributed by atoms with Gasteiger partial charge in [-0.1, -0.05) is 38.1 Å². The van der Waals surface area contributed by atoms with E-state index in [9.17, 15) is 4.79 Å². The molecule has 2 aliphatic rings. The van der Waals surface area contributed by atoms with Crippen molar-refractivity contribution in [3.8, 4) is 0 Å². The minimum absolute atomic E-state index is 0.281. The van der Waals surface area contributed by atoms with E-state index in [-0.39, 0.29) is 5.91 Å². The van der Waals surface area contributed by atoms with Crippen LogP contribution in [0, 0.1) is 11.8 Å². The first-order chi connectivity index (χ1) is 13.5. The number of guanidine groups is 1. The highest BCUT2D eigenvalue weighted by Crippen LogP contribution is 2.29. The van der Waals surface area contributed by atoms with Crippen molar-refractivity contribution < 1.29 is 4.79 Å². The molecule has 0 spiro atoms. The van der Waals surface area contributed by atoms with Gasteiger partial charge in [0.1, 0.15) is 0 Å². The third kappa shape index (κ3) is 5.73. The second kappa shape index (κ2) is 9.94. The molecule has 0 radical (unpaired) electrons. The number of hydrogen-bond donors (Lipinski definition) is 2. The molecule has 28 heavy (non-hydrogen) atoms. The van der Waals surface area contributed by atoms with Crippen LogP contribution in [0.25, 0.3) is 0 Å². The lowest BCUT2D eigenvalue weighted by molar-refractivity contribution is -0.128. The second-order valence-electron chi connectivity index (χ2n) is 8.66. The number of carbonyl (C=O) groups is 1. The van der Waals surface area contributed by atoms with E-state index < -0.39 is 0 Å². The van der Waals surface area contributed by atoms with Crippen molar-refractivity contribution in [2.45, 2.75) is 71.5 Å². The minimum atomic E-state index is 0.281. The van der Waals surface area contributed by atoms with Gasteiger partial charge in [0.15, 0.2) is 5.96 Å². The smallest absolute Gasteiger partial charge is 0.222 e. The fraction of sp³-hybridized carbons (Fsp3) is 0.652. The Kier molecular flexibility index (Phi) is 7.35. The van der Waals surface area contributed by atoms with Crippen LogP contribution < -0.4 is 10.6 Å². The van der Waals surface area contributed by atoms with Crippen LogP contribution in [0.4, 0.5) is 0 Å². The number of carbonyl (C=O) groups excluding carboxylic acids is 1. The van der Waals surface area contributed by atoms with Crippen LogP contribution in [0.15, 0.2) is 29.3 Å². The highest BCUT2D eigenvalue weighted by atomic mass is 16.2. The van der Waals surface area contributed by atoms with E-state index in [1.54, 1.807) is 0 Å². The van der Waals surface area contributed by atoms with E-state index in [1.165, 1.54) is 36.8 Å². The summed E-state index contributed by atoms with van der Waals surface area (Å²) in [5, 5.41) is 7.04. The molecule has 1 aliphatic heterocycles. The van der Waals surface area contributed by atoms with Crippen LogP contribution in [-0.4, -0.2) is 36.4 Å². The molecule has 1 amide bonds. The molecule has 1 saturated heterocycles. The van der Waals surface area contributed by atoms with E-state index in [2.05, 4.69) is 53.7 Å². The normalized spacial score (nSPS) is 23.4. The Labute approximate surface area is 170 Å². The molecule has 1 aliphatic carbocycles. The summed E-state index contributed by atoms with van der Waals surface area (Å²) in [6.45, 7) is 7.06.